The van der Waals surface area contributed by atoms with Crippen LogP contribution in [0.15, 0.2) is 99.5 Å². The second-order valence-corrected chi connectivity index (χ2v) is 16.0. The fourth-order valence-electron chi connectivity index (χ4n) is 9.06. The Morgan fingerprint density at radius 1 is 0.927 bits per heavy atom. The van der Waals surface area contributed by atoms with Gasteiger partial charge in [-0.2, -0.15) is 5.01 Å². The lowest BCUT2D eigenvalue weighted by Gasteiger charge is -2.51. The smallest absolute Gasteiger partial charge is 0.488 e. The van der Waals surface area contributed by atoms with Crippen LogP contribution in [0.4, 0.5) is 15.8 Å². The Hall–Kier alpha value is -4.54. The van der Waals surface area contributed by atoms with E-state index in [9.17, 15) is 33.9 Å². The molecule has 6 unspecified atom stereocenters. The molecular weight excluding hydrogens is 864 g/mol. The Bertz CT molecular complexity index is 2330. The standard InChI is InChI=1S/C39H30BBr2ClFN3O8/c1-55-29-17-27(32(41)33(42)34(29)48)31-24-13-14-25-30(37(51)46(35(25)49)23-4-2-3-19(15-23)40(53)54)26(24)16-28-36(50)47(45-22-11-9-21(44)10-12-22)38(52)39(28,31)18-5-7-20(43)8-6-18/h2-13,15,17,25-26,28,30-31,45,48,53-54H,14,16H2,1H3. The van der Waals surface area contributed by atoms with Gasteiger partial charge in [-0.25, -0.2) is 4.39 Å². The van der Waals surface area contributed by atoms with Gasteiger partial charge in [0.15, 0.2) is 11.5 Å². The molecule has 2 heterocycles. The van der Waals surface area contributed by atoms with Crippen LogP contribution in [0, 0.1) is 29.5 Å². The summed E-state index contributed by atoms with van der Waals surface area (Å²) in [4.78, 5) is 60.1. The maximum atomic E-state index is 15.4. The van der Waals surface area contributed by atoms with Crippen LogP contribution in [0.3, 0.4) is 0 Å². The zero-order valence-corrected chi connectivity index (χ0v) is 32.7. The van der Waals surface area contributed by atoms with E-state index in [4.69, 9.17) is 16.3 Å². The number of benzene rings is 4. The average Bonchev–Trinajstić information content (AvgIpc) is 3.56. The summed E-state index contributed by atoms with van der Waals surface area (Å²) in [5.41, 5.74) is 3.34. The Kier molecular flexibility index (Phi) is 9.44. The number of nitrogens with one attached hydrogen (secondary N) is 1. The van der Waals surface area contributed by atoms with Crippen molar-refractivity contribution in [2.24, 2.45) is 23.7 Å². The number of allylic oxidation sites excluding steroid dienone is 2. The Balaban J connectivity index is 1.35. The lowest BCUT2D eigenvalue weighted by Crippen LogP contribution is -2.53. The highest BCUT2D eigenvalue weighted by Crippen LogP contribution is 2.65. The van der Waals surface area contributed by atoms with Crippen LogP contribution >= 0.6 is 43.5 Å². The Morgan fingerprint density at radius 2 is 1.64 bits per heavy atom. The number of anilines is 2. The molecular formula is C39H30BBr2ClFN3O8. The van der Waals surface area contributed by atoms with Gasteiger partial charge in [-0.1, -0.05) is 47.5 Å². The summed E-state index contributed by atoms with van der Waals surface area (Å²) in [6, 6.07) is 19.3. The van der Waals surface area contributed by atoms with E-state index in [1.54, 1.807) is 30.3 Å². The minimum absolute atomic E-state index is 0.00540. The summed E-state index contributed by atoms with van der Waals surface area (Å²) < 4.78 is 20.1. The number of carbonyl (C=O) groups is 4. The maximum absolute atomic E-state index is 15.4. The first kappa shape index (κ1) is 37.4. The number of carbonyl (C=O) groups excluding carboxylic acids is 4. The van der Waals surface area contributed by atoms with Crippen LogP contribution in [-0.2, 0) is 24.6 Å². The normalized spacial score (nSPS) is 25.7. The number of imide groups is 2. The molecule has 0 radical (unpaired) electrons. The second kappa shape index (κ2) is 13.9. The molecule has 0 bridgehead atoms. The van der Waals surface area contributed by atoms with Crippen molar-refractivity contribution in [3.8, 4) is 11.5 Å². The third-order valence-corrected chi connectivity index (χ3v) is 13.8. The van der Waals surface area contributed by atoms with Crippen LogP contribution in [0.25, 0.3) is 0 Å². The van der Waals surface area contributed by atoms with Crippen molar-refractivity contribution in [3.05, 3.63) is 121 Å². The zero-order valence-electron chi connectivity index (χ0n) is 28.8. The highest BCUT2D eigenvalue weighted by atomic mass is 79.9. The molecule has 2 aliphatic heterocycles. The number of halogens is 4. The first-order valence-electron chi connectivity index (χ1n) is 17.2. The molecule has 1 saturated carbocycles. The highest BCUT2D eigenvalue weighted by molar-refractivity contribution is 9.13. The number of amides is 4. The molecule has 2 aliphatic carbocycles. The van der Waals surface area contributed by atoms with Crippen molar-refractivity contribution in [1.29, 1.82) is 0 Å². The summed E-state index contributed by atoms with van der Waals surface area (Å²) in [5.74, 6) is -7.43. The largest absolute Gasteiger partial charge is 0.503 e. The number of rotatable bonds is 7. The molecule has 4 aromatic rings. The molecule has 0 aromatic heterocycles. The molecule has 4 aromatic carbocycles. The summed E-state index contributed by atoms with van der Waals surface area (Å²) in [6.07, 6.45) is 2.00. The number of aromatic hydroxyl groups is 1. The summed E-state index contributed by atoms with van der Waals surface area (Å²) >= 11 is 13.5. The SMILES string of the molecule is COc1cc(C2C3=CCC4C(=O)N(c5cccc(B(O)O)c5)C(=O)C4C3CC3C(=O)N(Nc4ccc(F)cc4)C(=O)C32c2ccc(Cl)cc2)c(Br)c(Br)c1O. The quantitative estimate of drug-likeness (QED) is 0.106. The molecule has 3 fully saturated rings. The van der Waals surface area contributed by atoms with Gasteiger partial charge in [-0.3, -0.25) is 29.5 Å². The van der Waals surface area contributed by atoms with Gasteiger partial charge in [0, 0.05) is 15.4 Å². The molecule has 11 nitrogen and oxygen atoms in total. The van der Waals surface area contributed by atoms with E-state index >= 15 is 4.79 Å². The van der Waals surface area contributed by atoms with Crippen molar-refractivity contribution in [2.75, 3.05) is 17.4 Å². The molecule has 280 valence electrons. The zero-order chi connectivity index (χ0) is 39.1. The Morgan fingerprint density at radius 3 is 2.31 bits per heavy atom. The van der Waals surface area contributed by atoms with E-state index in [1.165, 1.54) is 55.6 Å². The van der Waals surface area contributed by atoms with E-state index in [-0.39, 0.29) is 45.7 Å². The van der Waals surface area contributed by atoms with E-state index in [0.717, 1.165) is 9.91 Å². The van der Waals surface area contributed by atoms with Crippen molar-refractivity contribution >= 4 is 91.0 Å². The van der Waals surface area contributed by atoms with Crippen LogP contribution in [0.1, 0.15) is 29.9 Å². The van der Waals surface area contributed by atoms with Gasteiger partial charge in [-0.05, 0) is 122 Å². The van der Waals surface area contributed by atoms with Crippen molar-refractivity contribution in [3.63, 3.8) is 0 Å². The van der Waals surface area contributed by atoms with Crippen molar-refractivity contribution in [1.82, 2.24) is 5.01 Å². The van der Waals surface area contributed by atoms with Crippen LogP contribution in [0.2, 0.25) is 5.02 Å². The fourth-order valence-corrected chi connectivity index (χ4v) is 10.1. The number of nitrogens with zero attached hydrogens (tertiary/aromatic N) is 2. The number of hydrogen-bond acceptors (Lipinski definition) is 9. The maximum Gasteiger partial charge on any atom is 0.488 e. The van der Waals surface area contributed by atoms with Crippen molar-refractivity contribution < 1.29 is 43.5 Å². The molecule has 2 saturated heterocycles. The lowest BCUT2D eigenvalue weighted by molar-refractivity contribution is -0.138. The van der Waals surface area contributed by atoms with Gasteiger partial charge < -0.3 is 19.9 Å². The summed E-state index contributed by atoms with van der Waals surface area (Å²) in [7, 11) is -0.452. The van der Waals surface area contributed by atoms with Gasteiger partial charge in [0.25, 0.3) is 11.8 Å². The number of phenolic OH excluding ortho intramolecular Hbond substituents is 1. The highest BCUT2D eigenvalue weighted by Gasteiger charge is 2.70. The van der Waals surface area contributed by atoms with Gasteiger partial charge >= 0.3 is 7.12 Å². The number of hydrogen-bond donors (Lipinski definition) is 4. The van der Waals surface area contributed by atoms with Gasteiger partial charge in [-0.15, -0.1) is 0 Å². The van der Waals surface area contributed by atoms with E-state index in [1.807, 2.05) is 6.08 Å². The van der Waals surface area contributed by atoms with Crippen LogP contribution < -0.4 is 20.5 Å². The first-order valence-corrected chi connectivity index (χ1v) is 19.2. The van der Waals surface area contributed by atoms with Gasteiger partial charge in [0.1, 0.15) is 5.82 Å². The van der Waals surface area contributed by atoms with E-state index in [2.05, 4.69) is 37.3 Å². The third kappa shape index (κ3) is 5.65. The van der Waals surface area contributed by atoms with Gasteiger partial charge in [0.2, 0.25) is 11.8 Å². The topological polar surface area (TPSA) is 157 Å². The minimum atomic E-state index is -1.83. The monoisotopic (exact) mass is 891 g/mol. The van der Waals surface area contributed by atoms with Crippen LogP contribution in [0.5, 0.6) is 11.5 Å². The van der Waals surface area contributed by atoms with Crippen molar-refractivity contribution in [2.45, 2.75) is 24.2 Å². The number of methoxy groups -OCH3 is 1. The molecule has 4 aliphatic rings. The number of hydrazine groups is 1. The molecule has 16 heteroatoms. The summed E-state index contributed by atoms with van der Waals surface area (Å²) in [6.45, 7) is 0. The number of fused-ring (bicyclic) bond motifs is 4. The van der Waals surface area contributed by atoms with Crippen LogP contribution in [-0.4, -0.2) is 58.0 Å². The predicted molar refractivity (Wildman–Crippen MR) is 208 cm³/mol. The number of ether oxygens (including phenoxy) is 1. The van der Waals surface area contributed by atoms with E-state index in [0.29, 0.717) is 26.2 Å². The van der Waals surface area contributed by atoms with E-state index < -0.39 is 71.6 Å². The predicted octanol–water partition coefficient (Wildman–Crippen LogP) is 5.59. The molecule has 4 amide bonds. The lowest BCUT2D eigenvalue weighted by atomic mass is 9.49. The molecule has 0 spiro atoms. The van der Waals surface area contributed by atoms with Gasteiger partial charge in [0.05, 0.1) is 46.1 Å². The molecule has 55 heavy (non-hydrogen) atoms. The summed E-state index contributed by atoms with van der Waals surface area (Å²) in [5, 5.41) is 32.0. The molecule has 6 atom stereocenters. The first-order chi connectivity index (χ1) is 26.3. The average molecular weight is 894 g/mol. The minimum Gasteiger partial charge on any atom is -0.503 e. The third-order valence-electron chi connectivity index (χ3n) is 11.4. The Labute approximate surface area is 336 Å². The molecule has 4 N–H and O–H groups in total. The number of phenols is 1. The fraction of sp³-hybridized carbons (Fsp3) is 0.231. The second-order valence-electron chi connectivity index (χ2n) is 14.0. The molecule has 8 rings (SSSR count).